The summed E-state index contributed by atoms with van der Waals surface area (Å²) in [6.45, 7) is 10.5. The lowest BCUT2D eigenvalue weighted by Crippen LogP contribution is -2.57. The highest BCUT2D eigenvalue weighted by Crippen LogP contribution is 2.41. The molecule has 2 saturated heterocycles. The molecule has 0 amide bonds. The van der Waals surface area contributed by atoms with Crippen molar-refractivity contribution in [1.82, 2.24) is 4.90 Å². The summed E-state index contributed by atoms with van der Waals surface area (Å²) in [6, 6.07) is 0. The normalized spacial score (nSPS) is 39.2. The standard InChI is InChI=1S/C15H30N2S/c1-12(2)14-5-4-8-17(9-6-14)15(11-16)7-10-18-13(15)3/h12-14H,4-11,16H2,1-3H3. The van der Waals surface area contributed by atoms with Crippen molar-refractivity contribution < 1.29 is 0 Å². The Balaban J connectivity index is 2.04. The average molecular weight is 270 g/mol. The number of thioether (sulfide) groups is 1. The first kappa shape index (κ1) is 14.7. The predicted octanol–water partition coefficient (Wildman–Crippen LogP) is 2.97. The molecule has 2 heterocycles. The van der Waals surface area contributed by atoms with Crippen LogP contribution in [0.1, 0.15) is 46.5 Å². The molecule has 0 spiro atoms. The van der Waals surface area contributed by atoms with Gasteiger partial charge < -0.3 is 5.73 Å². The number of nitrogens with two attached hydrogens (primary N) is 1. The maximum absolute atomic E-state index is 6.18. The number of likely N-dealkylation sites (tertiary alicyclic amines) is 1. The topological polar surface area (TPSA) is 29.3 Å². The lowest BCUT2D eigenvalue weighted by atomic mass is 9.88. The largest absolute Gasteiger partial charge is 0.329 e. The third-order valence-electron chi connectivity index (χ3n) is 5.36. The molecule has 3 unspecified atom stereocenters. The second kappa shape index (κ2) is 6.15. The van der Waals surface area contributed by atoms with Crippen LogP contribution in [0.15, 0.2) is 0 Å². The van der Waals surface area contributed by atoms with Crippen molar-refractivity contribution in [1.29, 1.82) is 0 Å². The molecular weight excluding hydrogens is 240 g/mol. The molecule has 0 aromatic rings. The highest BCUT2D eigenvalue weighted by Gasteiger charge is 2.44. The lowest BCUT2D eigenvalue weighted by molar-refractivity contribution is 0.0992. The van der Waals surface area contributed by atoms with Gasteiger partial charge in [-0.2, -0.15) is 11.8 Å². The van der Waals surface area contributed by atoms with Gasteiger partial charge in [-0.1, -0.05) is 20.8 Å². The smallest absolute Gasteiger partial charge is 0.0455 e. The minimum atomic E-state index is 0.302. The van der Waals surface area contributed by atoms with Crippen LogP contribution in [0, 0.1) is 11.8 Å². The molecule has 0 saturated carbocycles. The van der Waals surface area contributed by atoms with Gasteiger partial charge in [0.1, 0.15) is 0 Å². The molecule has 2 N–H and O–H groups in total. The third kappa shape index (κ3) is 2.73. The van der Waals surface area contributed by atoms with Crippen molar-refractivity contribution in [2.24, 2.45) is 17.6 Å². The Bertz CT molecular complexity index is 269. The summed E-state index contributed by atoms with van der Waals surface area (Å²) in [5.74, 6) is 3.06. The van der Waals surface area contributed by atoms with Crippen LogP contribution < -0.4 is 5.73 Å². The molecule has 18 heavy (non-hydrogen) atoms. The Morgan fingerprint density at radius 2 is 2.11 bits per heavy atom. The SMILES string of the molecule is CC(C)C1CCCN(C2(CN)CCSC2C)CC1. The van der Waals surface area contributed by atoms with E-state index in [-0.39, 0.29) is 0 Å². The van der Waals surface area contributed by atoms with E-state index in [1.54, 1.807) is 0 Å². The maximum atomic E-state index is 6.18. The molecule has 0 aromatic carbocycles. The maximum Gasteiger partial charge on any atom is 0.0455 e. The van der Waals surface area contributed by atoms with Gasteiger partial charge in [0.15, 0.2) is 0 Å². The zero-order valence-corrected chi connectivity index (χ0v) is 13.1. The Morgan fingerprint density at radius 3 is 2.67 bits per heavy atom. The minimum Gasteiger partial charge on any atom is -0.329 e. The second-order valence-corrected chi connectivity index (χ2v) is 7.94. The molecule has 2 fully saturated rings. The molecule has 0 bridgehead atoms. The van der Waals surface area contributed by atoms with Crippen molar-refractivity contribution in [3.05, 3.63) is 0 Å². The summed E-state index contributed by atoms with van der Waals surface area (Å²) in [5, 5.41) is 0.707. The van der Waals surface area contributed by atoms with E-state index in [2.05, 4.69) is 37.4 Å². The van der Waals surface area contributed by atoms with Gasteiger partial charge >= 0.3 is 0 Å². The number of hydrogen-bond acceptors (Lipinski definition) is 3. The van der Waals surface area contributed by atoms with Crippen molar-refractivity contribution in [3.63, 3.8) is 0 Å². The molecular formula is C15H30N2S. The Hall–Kier alpha value is 0.270. The van der Waals surface area contributed by atoms with E-state index in [9.17, 15) is 0 Å². The Morgan fingerprint density at radius 1 is 1.33 bits per heavy atom. The number of rotatable bonds is 3. The van der Waals surface area contributed by atoms with Gasteiger partial charge in [-0.05, 0) is 56.4 Å². The zero-order chi connectivity index (χ0) is 13.2. The first-order valence-corrected chi connectivity index (χ1v) is 8.72. The van der Waals surface area contributed by atoms with E-state index in [1.165, 1.54) is 44.5 Å². The first-order chi connectivity index (χ1) is 8.60. The molecule has 106 valence electrons. The van der Waals surface area contributed by atoms with E-state index in [0.717, 1.165) is 18.4 Å². The molecule has 2 rings (SSSR count). The van der Waals surface area contributed by atoms with Crippen LogP contribution in [-0.4, -0.2) is 41.1 Å². The van der Waals surface area contributed by atoms with Crippen molar-refractivity contribution >= 4 is 11.8 Å². The van der Waals surface area contributed by atoms with Crippen molar-refractivity contribution in [2.45, 2.75) is 57.2 Å². The molecule has 3 heteroatoms. The summed E-state index contributed by atoms with van der Waals surface area (Å²) < 4.78 is 0. The van der Waals surface area contributed by atoms with Gasteiger partial charge in [-0.3, -0.25) is 4.90 Å². The van der Waals surface area contributed by atoms with Gasteiger partial charge in [-0.15, -0.1) is 0 Å². The molecule has 3 atom stereocenters. The van der Waals surface area contributed by atoms with Crippen molar-refractivity contribution in [2.75, 3.05) is 25.4 Å². The Kier molecular flexibility index (Phi) is 5.01. The summed E-state index contributed by atoms with van der Waals surface area (Å²) in [7, 11) is 0. The number of hydrogen-bond donors (Lipinski definition) is 1. The fourth-order valence-corrected chi connectivity index (χ4v) is 5.32. The summed E-state index contributed by atoms with van der Waals surface area (Å²) >= 11 is 2.11. The average Bonchev–Trinajstić information content (AvgIpc) is 2.59. The highest BCUT2D eigenvalue weighted by molar-refractivity contribution is 8.00. The van der Waals surface area contributed by atoms with Gasteiger partial charge in [0.05, 0.1) is 0 Å². The van der Waals surface area contributed by atoms with Gasteiger partial charge in [-0.25, -0.2) is 0 Å². The van der Waals surface area contributed by atoms with Crippen LogP contribution in [0.2, 0.25) is 0 Å². The zero-order valence-electron chi connectivity index (χ0n) is 12.3. The van der Waals surface area contributed by atoms with Crippen LogP contribution in [0.4, 0.5) is 0 Å². The highest BCUT2D eigenvalue weighted by atomic mass is 32.2. The lowest BCUT2D eigenvalue weighted by Gasteiger charge is -2.43. The van der Waals surface area contributed by atoms with Gasteiger partial charge in [0.25, 0.3) is 0 Å². The summed E-state index contributed by atoms with van der Waals surface area (Å²) in [6.07, 6.45) is 5.44. The monoisotopic (exact) mass is 270 g/mol. The molecule has 0 aliphatic carbocycles. The van der Waals surface area contributed by atoms with Crippen LogP contribution in [-0.2, 0) is 0 Å². The van der Waals surface area contributed by atoms with E-state index in [4.69, 9.17) is 5.73 Å². The predicted molar refractivity (Wildman–Crippen MR) is 82.1 cm³/mol. The van der Waals surface area contributed by atoms with Crippen molar-refractivity contribution in [3.8, 4) is 0 Å². The summed E-state index contributed by atoms with van der Waals surface area (Å²) in [4.78, 5) is 2.75. The fourth-order valence-electron chi connectivity index (χ4n) is 3.82. The van der Waals surface area contributed by atoms with E-state index < -0.39 is 0 Å². The number of nitrogens with zero attached hydrogens (tertiary/aromatic N) is 1. The second-order valence-electron chi connectivity index (χ2n) is 6.49. The first-order valence-electron chi connectivity index (χ1n) is 7.67. The molecule has 0 aromatic heterocycles. The van der Waals surface area contributed by atoms with E-state index in [0.29, 0.717) is 10.8 Å². The quantitative estimate of drug-likeness (QED) is 0.855. The van der Waals surface area contributed by atoms with E-state index in [1.807, 2.05) is 0 Å². The van der Waals surface area contributed by atoms with Crippen LogP contribution in [0.3, 0.4) is 0 Å². The minimum absolute atomic E-state index is 0.302. The molecule has 2 nitrogen and oxygen atoms in total. The molecule has 2 aliphatic rings. The van der Waals surface area contributed by atoms with Crippen LogP contribution in [0.5, 0.6) is 0 Å². The Labute approximate surface area is 117 Å². The third-order valence-corrected chi connectivity index (χ3v) is 6.74. The fraction of sp³-hybridized carbons (Fsp3) is 1.00. The molecule has 0 radical (unpaired) electrons. The molecule has 2 aliphatic heterocycles. The van der Waals surface area contributed by atoms with Gasteiger partial charge in [0, 0.05) is 17.3 Å². The van der Waals surface area contributed by atoms with Crippen LogP contribution in [0.25, 0.3) is 0 Å². The van der Waals surface area contributed by atoms with Gasteiger partial charge in [0.2, 0.25) is 0 Å². The van der Waals surface area contributed by atoms with E-state index >= 15 is 0 Å². The summed E-state index contributed by atoms with van der Waals surface area (Å²) in [5.41, 5.74) is 6.48. The van der Waals surface area contributed by atoms with Crippen LogP contribution >= 0.6 is 11.8 Å².